The molecule has 1 aromatic carbocycles. The maximum absolute atomic E-state index is 10.5. The fourth-order valence-corrected chi connectivity index (χ4v) is 1.17. The molecule has 14 heavy (non-hydrogen) atoms. The second-order valence-corrected chi connectivity index (χ2v) is 3.08. The molecule has 1 aromatic rings. The Bertz CT molecular complexity index is 349. The van der Waals surface area contributed by atoms with Crippen LogP contribution in [-0.4, -0.2) is 11.0 Å². The first-order chi connectivity index (χ1) is 6.61. The number of carbonyl (C=O) groups is 1. The van der Waals surface area contributed by atoms with Gasteiger partial charge in [-0.05, 0) is 18.6 Å². The molecule has 3 heteroatoms. The first-order valence-corrected chi connectivity index (χ1v) is 4.34. The summed E-state index contributed by atoms with van der Waals surface area (Å²) in [6.45, 7) is 1.89. The molecule has 0 saturated carbocycles. The fourth-order valence-electron chi connectivity index (χ4n) is 1.17. The first-order valence-electron chi connectivity index (χ1n) is 4.34. The molecule has 0 fully saturated rings. The number of hydrogen-bond donors (Lipinski definition) is 2. The predicted octanol–water partition coefficient (Wildman–Crippen LogP) is 1.59. The number of aromatic hydroxyl groups is 1. The van der Waals surface area contributed by atoms with Crippen LogP contribution in [0.3, 0.4) is 0 Å². The second kappa shape index (κ2) is 4.46. The molecule has 0 aliphatic carbocycles. The van der Waals surface area contributed by atoms with E-state index in [1.54, 1.807) is 24.3 Å². The lowest BCUT2D eigenvalue weighted by Gasteiger charge is -2.02. The van der Waals surface area contributed by atoms with Crippen LogP contribution in [0.15, 0.2) is 24.3 Å². The number of nitrogens with two attached hydrogens (primary N) is 1. The molecular formula is C11H13NO2. The third-order valence-corrected chi connectivity index (χ3v) is 1.90. The number of benzene rings is 1. The Morgan fingerprint density at radius 1 is 1.57 bits per heavy atom. The molecule has 1 rings (SSSR count). The van der Waals surface area contributed by atoms with E-state index >= 15 is 0 Å². The van der Waals surface area contributed by atoms with E-state index in [4.69, 9.17) is 5.73 Å². The highest BCUT2D eigenvalue weighted by atomic mass is 16.3. The standard InChI is InChI=1S/C11H13NO2/c1-8-4-2-6-10(13)9(8)5-3-7-11(12)14/h2-6,13H,7H2,1H3,(H2,12,14). The maximum atomic E-state index is 10.5. The van der Waals surface area contributed by atoms with Gasteiger partial charge >= 0.3 is 0 Å². The summed E-state index contributed by atoms with van der Waals surface area (Å²) in [4.78, 5) is 10.5. The van der Waals surface area contributed by atoms with Crippen molar-refractivity contribution in [1.29, 1.82) is 0 Å². The van der Waals surface area contributed by atoms with Gasteiger partial charge in [0.1, 0.15) is 5.75 Å². The van der Waals surface area contributed by atoms with Gasteiger partial charge in [0.15, 0.2) is 0 Å². The van der Waals surface area contributed by atoms with E-state index in [1.807, 2.05) is 13.0 Å². The van der Waals surface area contributed by atoms with Crippen molar-refractivity contribution in [2.45, 2.75) is 13.3 Å². The summed E-state index contributed by atoms with van der Waals surface area (Å²) in [6, 6.07) is 5.27. The minimum atomic E-state index is -0.380. The Labute approximate surface area is 82.9 Å². The molecule has 0 spiro atoms. The molecule has 0 atom stereocenters. The zero-order valence-corrected chi connectivity index (χ0v) is 8.03. The van der Waals surface area contributed by atoms with Gasteiger partial charge in [0.25, 0.3) is 0 Å². The van der Waals surface area contributed by atoms with E-state index in [-0.39, 0.29) is 18.1 Å². The quantitative estimate of drug-likeness (QED) is 0.762. The maximum Gasteiger partial charge on any atom is 0.221 e. The van der Waals surface area contributed by atoms with Crippen molar-refractivity contribution in [3.63, 3.8) is 0 Å². The lowest BCUT2D eigenvalue weighted by molar-refractivity contribution is -0.117. The van der Waals surface area contributed by atoms with Gasteiger partial charge in [-0.3, -0.25) is 4.79 Å². The van der Waals surface area contributed by atoms with Gasteiger partial charge in [-0.15, -0.1) is 0 Å². The molecule has 0 bridgehead atoms. The zero-order chi connectivity index (χ0) is 10.6. The molecule has 3 nitrogen and oxygen atoms in total. The SMILES string of the molecule is Cc1cccc(O)c1C=CCC(N)=O. The monoisotopic (exact) mass is 191 g/mol. The number of carbonyl (C=O) groups excluding carboxylic acids is 1. The Kier molecular flexibility index (Phi) is 3.29. The summed E-state index contributed by atoms with van der Waals surface area (Å²) in [5.74, 6) is -0.167. The lowest BCUT2D eigenvalue weighted by atomic mass is 10.1. The summed E-state index contributed by atoms with van der Waals surface area (Å²) in [6.07, 6.45) is 3.54. The van der Waals surface area contributed by atoms with E-state index in [0.717, 1.165) is 11.1 Å². The van der Waals surface area contributed by atoms with Crippen molar-refractivity contribution in [3.8, 4) is 5.75 Å². The lowest BCUT2D eigenvalue weighted by Crippen LogP contribution is -2.07. The van der Waals surface area contributed by atoms with Crippen LogP contribution in [-0.2, 0) is 4.79 Å². The number of hydrogen-bond acceptors (Lipinski definition) is 2. The molecule has 0 unspecified atom stereocenters. The summed E-state index contributed by atoms with van der Waals surface area (Å²) in [5, 5.41) is 9.49. The predicted molar refractivity (Wildman–Crippen MR) is 55.7 cm³/mol. The van der Waals surface area contributed by atoms with Crippen LogP contribution in [0.25, 0.3) is 6.08 Å². The number of phenolic OH excluding ortho intramolecular Hbond substituents is 1. The third kappa shape index (κ3) is 2.62. The van der Waals surface area contributed by atoms with Crippen LogP contribution in [0.1, 0.15) is 17.5 Å². The topological polar surface area (TPSA) is 63.3 Å². The molecule has 0 heterocycles. The smallest absolute Gasteiger partial charge is 0.221 e. The van der Waals surface area contributed by atoms with Crippen LogP contribution in [0, 0.1) is 6.92 Å². The minimum Gasteiger partial charge on any atom is -0.507 e. The molecule has 74 valence electrons. The zero-order valence-electron chi connectivity index (χ0n) is 8.03. The van der Waals surface area contributed by atoms with Crippen LogP contribution in [0.4, 0.5) is 0 Å². The van der Waals surface area contributed by atoms with Crippen LogP contribution in [0.5, 0.6) is 5.75 Å². The average molecular weight is 191 g/mol. The molecule has 1 amide bonds. The van der Waals surface area contributed by atoms with E-state index in [2.05, 4.69) is 0 Å². The molecule has 0 aromatic heterocycles. The van der Waals surface area contributed by atoms with E-state index in [0.29, 0.717) is 0 Å². The van der Waals surface area contributed by atoms with Gasteiger partial charge in [0, 0.05) is 12.0 Å². The number of phenols is 1. The van der Waals surface area contributed by atoms with Gasteiger partial charge < -0.3 is 10.8 Å². The van der Waals surface area contributed by atoms with Crippen molar-refractivity contribution >= 4 is 12.0 Å². The number of amides is 1. The summed E-state index contributed by atoms with van der Waals surface area (Å²) in [5.41, 5.74) is 6.67. The largest absolute Gasteiger partial charge is 0.507 e. The Hall–Kier alpha value is -1.77. The highest BCUT2D eigenvalue weighted by Crippen LogP contribution is 2.21. The molecular weight excluding hydrogens is 178 g/mol. The van der Waals surface area contributed by atoms with Crippen molar-refractivity contribution in [2.24, 2.45) is 5.73 Å². The normalized spacial score (nSPS) is 10.6. The average Bonchev–Trinajstić information content (AvgIpc) is 2.09. The highest BCUT2D eigenvalue weighted by molar-refractivity contribution is 5.77. The first kappa shape index (κ1) is 10.3. The van der Waals surface area contributed by atoms with Crippen molar-refractivity contribution < 1.29 is 9.90 Å². The van der Waals surface area contributed by atoms with Crippen LogP contribution < -0.4 is 5.73 Å². The Morgan fingerprint density at radius 2 is 2.29 bits per heavy atom. The minimum absolute atomic E-state index is 0.188. The van der Waals surface area contributed by atoms with E-state index < -0.39 is 0 Å². The number of aryl methyl sites for hydroxylation is 1. The van der Waals surface area contributed by atoms with Crippen molar-refractivity contribution in [1.82, 2.24) is 0 Å². The highest BCUT2D eigenvalue weighted by Gasteiger charge is 1.99. The van der Waals surface area contributed by atoms with Gasteiger partial charge in [-0.2, -0.15) is 0 Å². The van der Waals surface area contributed by atoms with Gasteiger partial charge in [0.2, 0.25) is 5.91 Å². The Morgan fingerprint density at radius 3 is 2.86 bits per heavy atom. The molecule has 0 saturated heterocycles. The number of rotatable bonds is 3. The Balaban J connectivity index is 2.85. The number of primary amides is 1. The molecule has 0 aliphatic rings. The molecule has 0 radical (unpaired) electrons. The second-order valence-electron chi connectivity index (χ2n) is 3.08. The third-order valence-electron chi connectivity index (χ3n) is 1.90. The van der Waals surface area contributed by atoms with E-state index in [1.165, 1.54) is 0 Å². The van der Waals surface area contributed by atoms with Crippen molar-refractivity contribution in [2.75, 3.05) is 0 Å². The van der Waals surface area contributed by atoms with Gasteiger partial charge in [-0.25, -0.2) is 0 Å². The van der Waals surface area contributed by atoms with Crippen LogP contribution >= 0.6 is 0 Å². The summed E-state index contributed by atoms with van der Waals surface area (Å²) < 4.78 is 0. The summed E-state index contributed by atoms with van der Waals surface area (Å²) >= 11 is 0. The van der Waals surface area contributed by atoms with Gasteiger partial charge in [0.05, 0.1) is 0 Å². The fraction of sp³-hybridized carbons (Fsp3) is 0.182. The van der Waals surface area contributed by atoms with Crippen LogP contribution in [0.2, 0.25) is 0 Å². The van der Waals surface area contributed by atoms with Gasteiger partial charge in [-0.1, -0.05) is 24.3 Å². The summed E-state index contributed by atoms with van der Waals surface area (Å²) in [7, 11) is 0. The van der Waals surface area contributed by atoms with Crippen molar-refractivity contribution in [3.05, 3.63) is 35.4 Å². The molecule has 3 N–H and O–H groups in total. The molecule has 0 aliphatic heterocycles. The van der Waals surface area contributed by atoms with E-state index in [9.17, 15) is 9.90 Å².